The Labute approximate surface area is 198 Å². The van der Waals surface area contributed by atoms with Gasteiger partial charge in [0.05, 0.1) is 20.3 Å². The maximum Gasteiger partial charge on any atom is 0.339 e. The van der Waals surface area contributed by atoms with Crippen molar-refractivity contribution in [3.8, 4) is 0 Å². The highest BCUT2D eigenvalue weighted by Crippen LogP contribution is 2.35. The van der Waals surface area contributed by atoms with E-state index in [4.69, 9.17) is 23.7 Å². The Kier molecular flexibility index (Phi) is 9.75. The van der Waals surface area contributed by atoms with Gasteiger partial charge in [0.1, 0.15) is 17.6 Å². The molecular formula is C25H30O7S. The second kappa shape index (κ2) is 12.7. The average molecular weight is 475 g/mol. The van der Waals surface area contributed by atoms with Crippen molar-refractivity contribution >= 4 is 23.7 Å². The Morgan fingerprint density at radius 1 is 0.879 bits per heavy atom. The fourth-order valence-corrected chi connectivity index (χ4v) is 4.58. The van der Waals surface area contributed by atoms with Crippen molar-refractivity contribution < 1.29 is 33.3 Å². The lowest BCUT2D eigenvalue weighted by Crippen LogP contribution is -2.61. The van der Waals surface area contributed by atoms with Gasteiger partial charge in [0, 0.05) is 6.92 Å². The van der Waals surface area contributed by atoms with Crippen molar-refractivity contribution in [3.63, 3.8) is 0 Å². The van der Waals surface area contributed by atoms with E-state index in [9.17, 15) is 9.59 Å². The van der Waals surface area contributed by atoms with E-state index in [0.717, 1.165) is 16.9 Å². The highest BCUT2D eigenvalue weighted by molar-refractivity contribution is 7.99. The fourth-order valence-electron chi connectivity index (χ4n) is 3.63. The summed E-state index contributed by atoms with van der Waals surface area (Å²) in [5.41, 5.74) is 1.41. The van der Waals surface area contributed by atoms with Crippen LogP contribution in [-0.2, 0) is 46.5 Å². The zero-order chi connectivity index (χ0) is 23.6. The molecule has 0 bridgehead atoms. The van der Waals surface area contributed by atoms with Crippen LogP contribution in [0.25, 0.3) is 0 Å². The Bertz CT molecular complexity index is 877. The van der Waals surface area contributed by atoms with E-state index in [0.29, 0.717) is 6.61 Å². The van der Waals surface area contributed by atoms with Crippen molar-refractivity contribution in [1.29, 1.82) is 0 Å². The summed E-state index contributed by atoms with van der Waals surface area (Å²) in [5.74, 6) is -0.445. The second-order valence-electron chi connectivity index (χ2n) is 7.50. The Morgan fingerprint density at radius 2 is 1.42 bits per heavy atom. The summed E-state index contributed by atoms with van der Waals surface area (Å²) >= 11 is 1.50. The topological polar surface area (TPSA) is 80.3 Å². The number of carbonyl (C=O) groups excluding carboxylic acids is 2. The van der Waals surface area contributed by atoms with E-state index in [1.807, 2.05) is 67.6 Å². The number of benzene rings is 2. The molecule has 0 aromatic heterocycles. The Hall–Kier alpha value is -2.39. The molecule has 2 aromatic rings. The first kappa shape index (κ1) is 25.2. The monoisotopic (exact) mass is 474 g/mol. The molecule has 0 spiro atoms. The van der Waals surface area contributed by atoms with E-state index in [1.54, 1.807) is 0 Å². The van der Waals surface area contributed by atoms with Gasteiger partial charge in [0.15, 0.2) is 12.2 Å². The molecule has 0 saturated carbocycles. The summed E-state index contributed by atoms with van der Waals surface area (Å²) in [4.78, 5) is 24.5. The predicted octanol–water partition coefficient (Wildman–Crippen LogP) is 3.74. The standard InChI is InChI=1S/C25H30O7S/c1-4-33-25-23(30-16-19-13-9-6-10-14-19)20(29-15-18-11-7-5-8-12-18)21(31-17(2)26)22(32-25)24(27)28-3/h5-14,20-23,25H,4,15-16H2,1-3H3/t20-,21+,22-,23+,25+/m0/s1. The summed E-state index contributed by atoms with van der Waals surface area (Å²) < 4.78 is 29.2. The second-order valence-corrected chi connectivity index (χ2v) is 8.88. The molecule has 33 heavy (non-hydrogen) atoms. The van der Waals surface area contributed by atoms with Gasteiger partial charge >= 0.3 is 11.9 Å². The number of hydrogen-bond acceptors (Lipinski definition) is 8. The molecule has 1 aliphatic rings. The molecule has 0 unspecified atom stereocenters. The smallest absolute Gasteiger partial charge is 0.339 e. The van der Waals surface area contributed by atoms with Crippen molar-refractivity contribution in [2.75, 3.05) is 12.9 Å². The van der Waals surface area contributed by atoms with E-state index >= 15 is 0 Å². The van der Waals surface area contributed by atoms with Gasteiger partial charge in [-0.15, -0.1) is 11.8 Å². The summed E-state index contributed by atoms with van der Waals surface area (Å²) in [5, 5.41) is 0. The number of ether oxygens (including phenoxy) is 5. The molecule has 0 aliphatic carbocycles. The van der Waals surface area contributed by atoms with Crippen LogP contribution in [0.3, 0.4) is 0 Å². The lowest BCUT2D eigenvalue weighted by atomic mass is 9.98. The van der Waals surface area contributed by atoms with Crippen molar-refractivity contribution in [3.05, 3.63) is 71.8 Å². The molecule has 1 fully saturated rings. The van der Waals surface area contributed by atoms with Crippen LogP contribution in [0.1, 0.15) is 25.0 Å². The number of methoxy groups -OCH3 is 1. The van der Waals surface area contributed by atoms with Crippen LogP contribution >= 0.6 is 11.8 Å². The maximum atomic E-state index is 12.6. The molecule has 0 radical (unpaired) electrons. The van der Waals surface area contributed by atoms with Gasteiger partial charge in [-0.05, 0) is 16.9 Å². The summed E-state index contributed by atoms with van der Waals surface area (Å²) in [7, 11) is 1.27. The van der Waals surface area contributed by atoms with E-state index in [2.05, 4.69) is 0 Å². The zero-order valence-corrected chi connectivity index (χ0v) is 19.9. The van der Waals surface area contributed by atoms with Crippen molar-refractivity contribution in [2.45, 2.75) is 56.9 Å². The summed E-state index contributed by atoms with van der Waals surface area (Å²) in [6.07, 6.45) is -3.49. The quantitative estimate of drug-likeness (QED) is 0.482. The number of thioether (sulfide) groups is 1. The van der Waals surface area contributed by atoms with Crippen LogP contribution in [-0.4, -0.2) is 54.7 Å². The van der Waals surface area contributed by atoms with Crippen molar-refractivity contribution in [2.24, 2.45) is 0 Å². The minimum Gasteiger partial charge on any atom is -0.467 e. The van der Waals surface area contributed by atoms with Crippen molar-refractivity contribution in [1.82, 2.24) is 0 Å². The molecule has 5 atom stereocenters. The third-order valence-corrected chi connectivity index (χ3v) is 6.17. The Balaban J connectivity index is 1.91. The van der Waals surface area contributed by atoms with Gasteiger partial charge in [-0.1, -0.05) is 67.6 Å². The molecule has 1 aliphatic heterocycles. The van der Waals surface area contributed by atoms with Crippen LogP contribution in [0.5, 0.6) is 0 Å². The SMILES string of the molecule is CCS[C@H]1O[C@H](C(=O)OC)[C@H](OC(C)=O)[C@H](OCc2ccccc2)[C@H]1OCc1ccccc1. The fraction of sp³-hybridized carbons (Fsp3) is 0.440. The lowest BCUT2D eigenvalue weighted by Gasteiger charge is -2.44. The van der Waals surface area contributed by atoms with E-state index < -0.39 is 41.8 Å². The van der Waals surface area contributed by atoms with Gasteiger partial charge in [0.25, 0.3) is 0 Å². The molecule has 3 rings (SSSR count). The van der Waals surface area contributed by atoms with Crippen LogP contribution in [0, 0.1) is 0 Å². The predicted molar refractivity (Wildman–Crippen MR) is 124 cm³/mol. The third-order valence-electron chi connectivity index (χ3n) is 5.13. The molecule has 1 heterocycles. The minimum absolute atomic E-state index is 0.256. The first-order valence-electron chi connectivity index (χ1n) is 10.9. The first-order chi connectivity index (χ1) is 16.0. The number of esters is 2. The highest BCUT2D eigenvalue weighted by Gasteiger charge is 2.52. The zero-order valence-electron chi connectivity index (χ0n) is 19.0. The summed E-state index contributed by atoms with van der Waals surface area (Å²) in [6, 6.07) is 19.4. The summed E-state index contributed by atoms with van der Waals surface area (Å²) in [6.45, 7) is 3.85. The lowest BCUT2D eigenvalue weighted by molar-refractivity contribution is -0.243. The molecule has 2 aromatic carbocycles. The van der Waals surface area contributed by atoms with E-state index in [-0.39, 0.29) is 6.61 Å². The van der Waals surface area contributed by atoms with Gasteiger partial charge < -0.3 is 23.7 Å². The number of carbonyl (C=O) groups is 2. The van der Waals surface area contributed by atoms with Crippen LogP contribution in [0.2, 0.25) is 0 Å². The van der Waals surface area contributed by atoms with Gasteiger partial charge in [-0.2, -0.15) is 0 Å². The number of rotatable bonds is 10. The average Bonchev–Trinajstić information content (AvgIpc) is 2.83. The Morgan fingerprint density at radius 3 is 1.91 bits per heavy atom. The van der Waals surface area contributed by atoms with Gasteiger partial charge in [-0.3, -0.25) is 4.79 Å². The highest BCUT2D eigenvalue weighted by atomic mass is 32.2. The molecule has 7 nitrogen and oxygen atoms in total. The maximum absolute atomic E-state index is 12.6. The largest absolute Gasteiger partial charge is 0.467 e. The minimum atomic E-state index is -1.12. The molecule has 0 N–H and O–H groups in total. The van der Waals surface area contributed by atoms with Crippen LogP contribution in [0.15, 0.2) is 60.7 Å². The third kappa shape index (κ3) is 7.04. The van der Waals surface area contributed by atoms with E-state index in [1.165, 1.54) is 25.8 Å². The molecule has 0 amide bonds. The molecule has 1 saturated heterocycles. The van der Waals surface area contributed by atoms with Crippen LogP contribution < -0.4 is 0 Å². The first-order valence-corrected chi connectivity index (χ1v) is 11.9. The van der Waals surface area contributed by atoms with Crippen LogP contribution in [0.4, 0.5) is 0 Å². The molecule has 8 heteroatoms. The number of hydrogen-bond donors (Lipinski definition) is 0. The van der Waals surface area contributed by atoms with Gasteiger partial charge in [-0.25, -0.2) is 4.79 Å². The van der Waals surface area contributed by atoms with Gasteiger partial charge in [0.2, 0.25) is 0 Å². The molecule has 178 valence electrons. The normalized spacial score (nSPS) is 24.8. The molecular weight excluding hydrogens is 444 g/mol.